The topological polar surface area (TPSA) is 18.5 Å². The normalized spacial score (nSPS) is 38.7. The molecule has 2 nitrogen and oxygen atoms in total. The molecule has 3 aliphatic rings. The summed E-state index contributed by atoms with van der Waals surface area (Å²) in [4.78, 5) is 0. The van der Waals surface area contributed by atoms with Gasteiger partial charge in [0.25, 0.3) is 0 Å². The minimum Gasteiger partial charge on any atom is -0.352 e. The first-order valence-corrected chi connectivity index (χ1v) is 10.7. The van der Waals surface area contributed by atoms with Crippen LogP contribution in [0.15, 0.2) is 24.1 Å². The fourth-order valence-corrected chi connectivity index (χ4v) is 4.67. The minimum absolute atomic E-state index is 0.0453. The molecule has 1 aliphatic heterocycles. The SMILES string of the molecule is CC1COC(C2CCC(/C=C/C3CCC(/C(F)=C/C(F)(F)F)CC3)CC2)OC1. The van der Waals surface area contributed by atoms with E-state index in [2.05, 4.69) is 19.1 Å². The monoisotopic (exact) mass is 404 g/mol. The molecule has 6 heteroatoms. The summed E-state index contributed by atoms with van der Waals surface area (Å²) in [7, 11) is 0. The van der Waals surface area contributed by atoms with Gasteiger partial charge in [-0.15, -0.1) is 0 Å². The molecule has 0 amide bonds. The fourth-order valence-electron chi connectivity index (χ4n) is 4.67. The first-order valence-electron chi connectivity index (χ1n) is 10.7. The number of halogens is 4. The largest absolute Gasteiger partial charge is 0.412 e. The van der Waals surface area contributed by atoms with E-state index < -0.39 is 17.9 Å². The average Bonchev–Trinajstić information content (AvgIpc) is 2.66. The van der Waals surface area contributed by atoms with E-state index in [1.165, 1.54) is 0 Å². The number of rotatable bonds is 4. The molecule has 3 rings (SSSR count). The van der Waals surface area contributed by atoms with Crippen LogP contribution in [0.5, 0.6) is 0 Å². The van der Waals surface area contributed by atoms with Crippen molar-refractivity contribution in [3.8, 4) is 0 Å². The summed E-state index contributed by atoms with van der Waals surface area (Å²) < 4.78 is 62.2. The molecule has 0 aromatic carbocycles. The lowest BCUT2D eigenvalue weighted by molar-refractivity contribution is -0.226. The van der Waals surface area contributed by atoms with Crippen LogP contribution in [0.2, 0.25) is 0 Å². The summed E-state index contributed by atoms with van der Waals surface area (Å²) >= 11 is 0. The van der Waals surface area contributed by atoms with Gasteiger partial charge < -0.3 is 9.47 Å². The highest BCUT2D eigenvalue weighted by molar-refractivity contribution is 5.05. The molecule has 0 atom stereocenters. The molecule has 2 aliphatic carbocycles. The van der Waals surface area contributed by atoms with Gasteiger partial charge in [-0.3, -0.25) is 0 Å². The molecular weight excluding hydrogens is 372 g/mol. The summed E-state index contributed by atoms with van der Waals surface area (Å²) in [6.07, 6.45) is 6.70. The molecule has 0 radical (unpaired) electrons. The van der Waals surface area contributed by atoms with E-state index in [0.29, 0.717) is 36.5 Å². The first-order chi connectivity index (χ1) is 13.3. The minimum atomic E-state index is -4.56. The van der Waals surface area contributed by atoms with Crippen molar-refractivity contribution in [3.05, 3.63) is 24.1 Å². The molecule has 3 fully saturated rings. The zero-order valence-corrected chi connectivity index (χ0v) is 16.6. The number of alkyl halides is 3. The van der Waals surface area contributed by atoms with Crippen LogP contribution in [-0.4, -0.2) is 25.7 Å². The molecule has 0 aromatic rings. The summed E-state index contributed by atoms with van der Waals surface area (Å²) in [5.74, 6) is 0.297. The van der Waals surface area contributed by atoms with Crippen LogP contribution in [0.3, 0.4) is 0 Å². The van der Waals surface area contributed by atoms with E-state index in [9.17, 15) is 17.6 Å². The molecule has 0 spiro atoms. The maximum Gasteiger partial charge on any atom is 0.412 e. The molecule has 0 N–H and O–H groups in total. The fraction of sp³-hybridized carbons (Fsp3) is 0.818. The smallest absolute Gasteiger partial charge is 0.352 e. The van der Waals surface area contributed by atoms with Crippen LogP contribution in [0.4, 0.5) is 17.6 Å². The van der Waals surface area contributed by atoms with Crippen molar-refractivity contribution in [2.24, 2.45) is 29.6 Å². The van der Waals surface area contributed by atoms with Crippen molar-refractivity contribution in [2.75, 3.05) is 13.2 Å². The summed E-state index contributed by atoms with van der Waals surface area (Å²) in [6.45, 7) is 3.70. The third kappa shape index (κ3) is 6.58. The van der Waals surface area contributed by atoms with Crippen molar-refractivity contribution in [2.45, 2.75) is 70.8 Å². The van der Waals surface area contributed by atoms with Gasteiger partial charge in [0, 0.05) is 17.8 Å². The van der Waals surface area contributed by atoms with Gasteiger partial charge in [-0.1, -0.05) is 19.1 Å². The van der Waals surface area contributed by atoms with Crippen LogP contribution < -0.4 is 0 Å². The lowest BCUT2D eigenvalue weighted by atomic mass is 9.78. The third-order valence-corrected chi connectivity index (χ3v) is 6.41. The summed E-state index contributed by atoms with van der Waals surface area (Å²) in [6, 6.07) is 0. The van der Waals surface area contributed by atoms with E-state index in [1.807, 2.05) is 0 Å². The molecule has 1 saturated heterocycles. The van der Waals surface area contributed by atoms with Gasteiger partial charge >= 0.3 is 6.18 Å². The lowest BCUT2D eigenvalue weighted by Crippen LogP contribution is -2.37. The summed E-state index contributed by atoms with van der Waals surface area (Å²) in [5, 5.41) is 0. The summed E-state index contributed by atoms with van der Waals surface area (Å²) in [5.41, 5.74) is 0. The van der Waals surface area contributed by atoms with Crippen molar-refractivity contribution >= 4 is 0 Å². The Bertz CT molecular complexity index is 533. The number of hydrogen-bond acceptors (Lipinski definition) is 2. The Morgan fingerprint density at radius 2 is 1.32 bits per heavy atom. The van der Waals surface area contributed by atoms with E-state index in [-0.39, 0.29) is 12.4 Å². The van der Waals surface area contributed by atoms with Crippen molar-refractivity contribution < 1.29 is 27.0 Å². The maximum atomic E-state index is 13.7. The number of allylic oxidation sites excluding steroid dienone is 4. The quantitative estimate of drug-likeness (QED) is 0.389. The first kappa shape index (κ1) is 21.8. The second-order valence-corrected chi connectivity index (χ2v) is 8.88. The molecule has 28 heavy (non-hydrogen) atoms. The Kier molecular flexibility index (Phi) is 7.60. The van der Waals surface area contributed by atoms with Crippen molar-refractivity contribution in [1.82, 2.24) is 0 Å². The van der Waals surface area contributed by atoms with Gasteiger partial charge in [-0.2, -0.15) is 13.2 Å². The van der Waals surface area contributed by atoms with Gasteiger partial charge in [0.15, 0.2) is 6.29 Å². The zero-order valence-electron chi connectivity index (χ0n) is 16.6. The average molecular weight is 404 g/mol. The molecule has 2 saturated carbocycles. The number of ether oxygens (including phenoxy) is 2. The van der Waals surface area contributed by atoms with Gasteiger partial charge in [0.2, 0.25) is 0 Å². The van der Waals surface area contributed by atoms with Crippen molar-refractivity contribution in [1.29, 1.82) is 0 Å². The van der Waals surface area contributed by atoms with Gasteiger partial charge in [-0.05, 0) is 63.2 Å². The van der Waals surface area contributed by atoms with Gasteiger partial charge in [0.05, 0.1) is 19.3 Å². The van der Waals surface area contributed by atoms with E-state index in [1.54, 1.807) is 0 Å². The van der Waals surface area contributed by atoms with Gasteiger partial charge in [-0.25, -0.2) is 4.39 Å². The Hall–Kier alpha value is -0.880. The highest BCUT2D eigenvalue weighted by Crippen LogP contribution is 2.38. The Morgan fingerprint density at radius 3 is 1.82 bits per heavy atom. The van der Waals surface area contributed by atoms with Crippen LogP contribution in [0.1, 0.15) is 58.3 Å². The third-order valence-electron chi connectivity index (χ3n) is 6.41. The Balaban J connectivity index is 1.37. The van der Waals surface area contributed by atoms with Gasteiger partial charge in [0.1, 0.15) is 5.83 Å². The predicted octanol–water partition coefficient (Wildman–Crippen LogP) is 6.58. The molecular formula is C22H32F4O2. The molecule has 0 bridgehead atoms. The highest BCUT2D eigenvalue weighted by atomic mass is 19.4. The highest BCUT2D eigenvalue weighted by Gasteiger charge is 2.32. The second kappa shape index (κ2) is 9.75. The molecule has 1 heterocycles. The number of hydrogen-bond donors (Lipinski definition) is 0. The van der Waals surface area contributed by atoms with E-state index >= 15 is 0 Å². The molecule has 0 aromatic heterocycles. The van der Waals surface area contributed by atoms with Crippen molar-refractivity contribution in [3.63, 3.8) is 0 Å². The van der Waals surface area contributed by atoms with E-state index in [4.69, 9.17) is 9.47 Å². The standard InChI is InChI=1S/C22H32F4O2/c1-15-13-27-21(28-14-15)19-10-6-17(7-11-19)3-2-16-4-8-18(9-5-16)20(23)12-22(24,25)26/h2-3,12,15-19,21H,4-11,13-14H2,1H3/b3-2+,20-12-. The second-order valence-electron chi connectivity index (χ2n) is 8.88. The maximum absolute atomic E-state index is 13.7. The predicted molar refractivity (Wildman–Crippen MR) is 100 cm³/mol. The van der Waals surface area contributed by atoms with Crippen LogP contribution in [0, 0.1) is 29.6 Å². The van der Waals surface area contributed by atoms with Crippen LogP contribution in [0.25, 0.3) is 0 Å². The van der Waals surface area contributed by atoms with Crippen LogP contribution >= 0.6 is 0 Å². The molecule has 0 unspecified atom stereocenters. The lowest BCUT2D eigenvalue weighted by Gasteiger charge is -2.36. The van der Waals surface area contributed by atoms with E-state index in [0.717, 1.165) is 51.7 Å². The zero-order chi connectivity index (χ0) is 20.1. The Morgan fingerprint density at radius 1 is 0.821 bits per heavy atom. The molecule has 160 valence electrons. The van der Waals surface area contributed by atoms with Crippen LogP contribution in [-0.2, 0) is 9.47 Å². The Labute approximate surface area is 165 Å².